The third-order valence-electron chi connectivity index (χ3n) is 5.25. The number of carbonyl (C=O) groups excluding carboxylic acids is 1. The molecule has 0 saturated heterocycles. The van der Waals surface area contributed by atoms with Gasteiger partial charge in [-0.15, -0.1) is 0 Å². The van der Waals surface area contributed by atoms with Gasteiger partial charge in [0.25, 0.3) is 0 Å². The Kier molecular flexibility index (Phi) is 4.53. The molecule has 2 aliphatic rings. The van der Waals surface area contributed by atoms with Crippen LogP contribution < -0.4 is 10.6 Å². The number of halogens is 1. The number of nitrogens with one attached hydrogen (secondary N) is 2. The number of hydrogen-bond donors (Lipinski definition) is 2. The lowest BCUT2D eigenvalue weighted by atomic mass is 9.51. The number of amides is 2. The third-order valence-corrected chi connectivity index (χ3v) is 6.83. The van der Waals surface area contributed by atoms with Gasteiger partial charge in [-0.05, 0) is 37.5 Å². The summed E-state index contributed by atoms with van der Waals surface area (Å²) in [4.78, 5) is 12.2. The van der Waals surface area contributed by atoms with Crippen LogP contribution in [0, 0.1) is 5.41 Å². The molecule has 2 atom stereocenters. The van der Waals surface area contributed by atoms with Gasteiger partial charge >= 0.3 is 6.03 Å². The van der Waals surface area contributed by atoms with Crippen LogP contribution in [0.1, 0.15) is 25.7 Å². The maximum Gasteiger partial charge on any atom is 0.319 e. The Labute approximate surface area is 146 Å². The van der Waals surface area contributed by atoms with Gasteiger partial charge in [-0.25, -0.2) is 13.2 Å². The molecule has 2 saturated carbocycles. The highest BCUT2D eigenvalue weighted by Gasteiger charge is 2.59. The minimum atomic E-state index is -3.45. The fraction of sp³-hybridized carbons (Fsp3) is 0.562. The molecule has 1 aromatic rings. The summed E-state index contributed by atoms with van der Waals surface area (Å²) in [5, 5.41) is 5.81. The minimum absolute atomic E-state index is 0.000482. The van der Waals surface area contributed by atoms with Crippen LogP contribution in [0.3, 0.4) is 0 Å². The van der Waals surface area contributed by atoms with E-state index in [-0.39, 0.29) is 33.5 Å². The van der Waals surface area contributed by atoms with Crippen molar-refractivity contribution < 1.29 is 17.9 Å². The van der Waals surface area contributed by atoms with E-state index in [2.05, 4.69) is 10.6 Å². The molecule has 0 bridgehead atoms. The molecule has 2 unspecified atom stereocenters. The largest absolute Gasteiger partial charge is 0.381 e. The lowest BCUT2D eigenvalue weighted by Gasteiger charge is -2.60. The lowest BCUT2D eigenvalue weighted by Crippen LogP contribution is -2.67. The van der Waals surface area contributed by atoms with Crippen LogP contribution in [0.25, 0.3) is 0 Å². The Hall–Kier alpha value is -1.31. The zero-order valence-electron chi connectivity index (χ0n) is 13.6. The number of anilines is 1. The van der Waals surface area contributed by atoms with E-state index in [0.717, 1.165) is 31.9 Å². The molecule has 0 radical (unpaired) electrons. The molecule has 132 valence electrons. The SMILES string of the molecule is COC1CC(NC(=O)Nc2ccc(Cl)c(S(C)(=O)=O)c2)C12CCC2. The van der Waals surface area contributed by atoms with Gasteiger partial charge in [0.15, 0.2) is 9.84 Å². The van der Waals surface area contributed by atoms with Gasteiger partial charge in [0.1, 0.15) is 0 Å². The van der Waals surface area contributed by atoms with Gasteiger partial charge in [0.05, 0.1) is 16.0 Å². The topological polar surface area (TPSA) is 84.5 Å². The summed E-state index contributed by atoms with van der Waals surface area (Å²) in [7, 11) is -1.74. The molecule has 2 fully saturated rings. The Balaban J connectivity index is 1.66. The van der Waals surface area contributed by atoms with E-state index in [1.807, 2.05) is 0 Å². The Bertz CT molecular complexity index is 761. The Morgan fingerprint density at radius 2 is 2.08 bits per heavy atom. The van der Waals surface area contributed by atoms with Gasteiger partial charge in [0.2, 0.25) is 0 Å². The predicted octanol–water partition coefficient (Wildman–Crippen LogP) is 2.82. The van der Waals surface area contributed by atoms with Crippen molar-refractivity contribution in [2.24, 2.45) is 5.41 Å². The normalized spacial score (nSPS) is 24.8. The minimum Gasteiger partial charge on any atom is -0.381 e. The molecule has 0 aliphatic heterocycles. The quantitative estimate of drug-likeness (QED) is 0.851. The molecule has 8 heteroatoms. The Morgan fingerprint density at radius 1 is 1.38 bits per heavy atom. The first-order valence-corrected chi connectivity index (χ1v) is 10.1. The number of ether oxygens (including phenoxy) is 1. The summed E-state index contributed by atoms with van der Waals surface area (Å²) in [6.07, 6.45) is 5.39. The molecule has 24 heavy (non-hydrogen) atoms. The number of carbonyl (C=O) groups is 1. The van der Waals surface area contributed by atoms with Crippen molar-refractivity contribution in [1.82, 2.24) is 5.32 Å². The van der Waals surface area contributed by atoms with Crippen LogP contribution in [-0.2, 0) is 14.6 Å². The average molecular weight is 373 g/mol. The predicted molar refractivity (Wildman–Crippen MR) is 92.2 cm³/mol. The van der Waals surface area contributed by atoms with Crippen molar-refractivity contribution in [3.63, 3.8) is 0 Å². The summed E-state index contributed by atoms with van der Waals surface area (Å²) < 4.78 is 28.9. The highest BCUT2D eigenvalue weighted by atomic mass is 35.5. The van der Waals surface area contributed by atoms with Crippen molar-refractivity contribution in [1.29, 1.82) is 0 Å². The third kappa shape index (κ3) is 3.00. The molecule has 0 aromatic heterocycles. The first-order chi connectivity index (χ1) is 11.3. The van der Waals surface area contributed by atoms with Crippen LogP contribution in [0.4, 0.5) is 10.5 Å². The first-order valence-electron chi connectivity index (χ1n) is 7.86. The summed E-state index contributed by atoms with van der Waals surface area (Å²) in [6.45, 7) is 0. The van der Waals surface area contributed by atoms with E-state index in [0.29, 0.717) is 5.69 Å². The zero-order valence-corrected chi connectivity index (χ0v) is 15.2. The van der Waals surface area contributed by atoms with Gasteiger partial charge in [0, 0.05) is 30.5 Å². The molecule has 0 heterocycles. The monoisotopic (exact) mass is 372 g/mol. The molecule has 6 nitrogen and oxygen atoms in total. The van der Waals surface area contributed by atoms with Gasteiger partial charge in [-0.3, -0.25) is 0 Å². The van der Waals surface area contributed by atoms with Crippen LogP contribution in [0.15, 0.2) is 23.1 Å². The van der Waals surface area contributed by atoms with E-state index in [4.69, 9.17) is 16.3 Å². The van der Waals surface area contributed by atoms with Crippen LogP contribution in [0.2, 0.25) is 5.02 Å². The number of methoxy groups -OCH3 is 1. The van der Waals surface area contributed by atoms with Gasteiger partial charge < -0.3 is 15.4 Å². The number of rotatable bonds is 4. The molecular weight excluding hydrogens is 352 g/mol. The second kappa shape index (κ2) is 6.20. The van der Waals surface area contributed by atoms with E-state index >= 15 is 0 Å². The molecule has 1 spiro atoms. The maximum absolute atomic E-state index is 12.2. The van der Waals surface area contributed by atoms with Crippen LogP contribution in [-0.4, -0.2) is 40.0 Å². The number of sulfone groups is 1. The first kappa shape index (κ1) is 17.5. The van der Waals surface area contributed by atoms with Crippen molar-refractivity contribution in [2.75, 3.05) is 18.7 Å². The maximum atomic E-state index is 12.2. The number of benzene rings is 1. The summed E-state index contributed by atoms with van der Waals surface area (Å²) >= 11 is 5.91. The van der Waals surface area contributed by atoms with Crippen molar-refractivity contribution >= 4 is 33.2 Å². The van der Waals surface area contributed by atoms with E-state index < -0.39 is 9.84 Å². The van der Waals surface area contributed by atoms with E-state index in [1.54, 1.807) is 13.2 Å². The highest BCUT2D eigenvalue weighted by molar-refractivity contribution is 7.90. The second-order valence-corrected chi connectivity index (χ2v) is 9.01. The fourth-order valence-corrected chi connectivity index (χ4v) is 5.03. The molecule has 3 rings (SSSR count). The average Bonchev–Trinajstić information content (AvgIpc) is 2.42. The van der Waals surface area contributed by atoms with E-state index in [1.165, 1.54) is 12.1 Å². The summed E-state index contributed by atoms with van der Waals surface area (Å²) in [5.41, 5.74) is 0.465. The fourth-order valence-electron chi connectivity index (χ4n) is 3.73. The number of hydrogen-bond acceptors (Lipinski definition) is 4. The summed E-state index contributed by atoms with van der Waals surface area (Å²) in [6, 6.07) is 4.16. The zero-order chi connectivity index (χ0) is 17.5. The molecule has 2 aliphatic carbocycles. The lowest BCUT2D eigenvalue weighted by molar-refractivity contribution is -0.157. The Morgan fingerprint density at radius 3 is 2.62 bits per heavy atom. The summed E-state index contributed by atoms with van der Waals surface area (Å²) in [5.74, 6) is 0. The van der Waals surface area contributed by atoms with Gasteiger partial charge in [-0.2, -0.15) is 0 Å². The molecular formula is C16H21ClN2O4S. The van der Waals surface area contributed by atoms with E-state index in [9.17, 15) is 13.2 Å². The smallest absolute Gasteiger partial charge is 0.319 e. The van der Waals surface area contributed by atoms with Crippen molar-refractivity contribution in [3.8, 4) is 0 Å². The standard InChI is InChI=1S/C16H21ClN2O4S/c1-23-14-9-13(16(14)6-3-7-16)19-15(20)18-10-4-5-11(17)12(8-10)24(2,21)22/h4-5,8,13-14H,3,6-7,9H2,1-2H3,(H2,18,19,20). The van der Waals surface area contributed by atoms with Gasteiger partial charge in [-0.1, -0.05) is 18.0 Å². The van der Waals surface area contributed by atoms with Crippen LogP contribution >= 0.6 is 11.6 Å². The molecule has 2 N–H and O–H groups in total. The van der Waals surface area contributed by atoms with Crippen molar-refractivity contribution in [3.05, 3.63) is 23.2 Å². The van der Waals surface area contributed by atoms with Crippen LogP contribution in [0.5, 0.6) is 0 Å². The molecule has 2 amide bonds. The molecule has 1 aromatic carbocycles. The number of urea groups is 1. The second-order valence-electron chi connectivity index (χ2n) is 6.62. The van der Waals surface area contributed by atoms with Crippen molar-refractivity contribution in [2.45, 2.75) is 42.7 Å². The highest BCUT2D eigenvalue weighted by Crippen LogP contribution is 2.57.